The fraction of sp³-hybridized carbons (Fsp3) is 1.00. The van der Waals surface area contributed by atoms with Crippen LogP contribution in [0.3, 0.4) is 0 Å². The highest BCUT2D eigenvalue weighted by Crippen LogP contribution is 2.31. The Hall–Kier alpha value is -0.0800. The molecule has 2 unspecified atom stereocenters. The quantitative estimate of drug-likeness (QED) is 0.643. The molecule has 1 N–H and O–H groups in total. The summed E-state index contributed by atoms with van der Waals surface area (Å²) in [7, 11) is 0. The van der Waals surface area contributed by atoms with Crippen molar-refractivity contribution in [3.63, 3.8) is 0 Å². The third-order valence-electron chi connectivity index (χ3n) is 2.82. The number of hydrogen-bond acceptors (Lipinski definition) is 2. The van der Waals surface area contributed by atoms with Gasteiger partial charge in [0.1, 0.15) is 0 Å². The molecule has 1 fully saturated rings. The Morgan fingerprint density at radius 1 is 1.50 bits per heavy atom. The third-order valence-corrected chi connectivity index (χ3v) is 2.82. The van der Waals surface area contributed by atoms with Gasteiger partial charge in [0.25, 0.3) is 0 Å². The molecule has 1 aliphatic rings. The molecule has 2 nitrogen and oxygen atoms in total. The van der Waals surface area contributed by atoms with Gasteiger partial charge in [-0.2, -0.15) is 0 Å². The van der Waals surface area contributed by atoms with Crippen molar-refractivity contribution in [2.45, 2.75) is 57.7 Å². The molecule has 2 heteroatoms. The number of rotatable bonds is 5. The molecular weight excluding hydrogens is 152 g/mol. The predicted octanol–water partition coefficient (Wildman–Crippen LogP) is 2.11. The normalized spacial score (nSPS) is 31.2. The van der Waals surface area contributed by atoms with Gasteiger partial charge < -0.3 is 9.84 Å². The van der Waals surface area contributed by atoms with E-state index >= 15 is 0 Å². The van der Waals surface area contributed by atoms with E-state index in [4.69, 9.17) is 4.74 Å². The minimum absolute atomic E-state index is 0.215. The lowest BCUT2D eigenvalue weighted by Crippen LogP contribution is -2.50. The van der Waals surface area contributed by atoms with Crippen LogP contribution in [0.1, 0.15) is 46.0 Å². The minimum atomic E-state index is -0.252. The van der Waals surface area contributed by atoms with Crippen molar-refractivity contribution in [1.82, 2.24) is 0 Å². The molecule has 0 saturated carbocycles. The molecule has 1 heterocycles. The maximum absolute atomic E-state index is 9.73. The first-order valence-electron chi connectivity index (χ1n) is 5.01. The van der Waals surface area contributed by atoms with Crippen LogP contribution in [0.2, 0.25) is 0 Å². The van der Waals surface area contributed by atoms with Gasteiger partial charge in [0.2, 0.25) is 0 Å². The third kappa shape index (κ3) is 2.20. The Morgan fingerprint density at radius 2 is 2.17 bits per heavy atom. The van der Waals surface area contributed by atoms with Gasteiger partial charge in [0.05, 0.1) is 18.3 Å². The van der Waals surface area contributed by atoms with E-state index in [-0.39, 0.29) is 11.7 Å². The van der Waals surface area contributed by atoms with E-state index in [9.17, 15) is 5.11 Å². The van der Waals surface area contributed by atoms with Gasteiger partial charge in [-0.15, -0.1) is 0 Å². The topological polar surface area (TPSA) is 29.5 Å². The van der Waals surface area contributed by atoms with Crippen molar-refractivity contribution >= 4 is 0 Å². The standard InChI is InChI=1S/C10H20O2/c1-3-4-5-6-9(11)10(2)7-8-12-10/h9,11H,3-8H2,1-2H3. The molecule has 0 aromatic carbocycles. The SMILES string of the molecule is CCCCCC(O)C1(C)CCO1. The van der Waals surface area contributed by atoms with Crippen LogP contribution < -0.4 is 0 Å². The molecule has 0 spiro atoms. The first-order valence-corrected chi connectivity index (χ1v) is 5.01. The maximum Gasteiger partial charge on any atom is 0.0934 e. The second-order valence-corrected chi connectivity index (χ2v) is 3.92. The number of aliphatic hydroxyl groups is 1. The molecule has 72 valence electrons. The molecule has 1 aliphatic heterocycles. The molecule has 0 bridgehead atoms. The Morgan fingerprint density at radius 3 is 2.58 bits per heavy atom. The van der Waals surface area contributed by atoms with Crippen molar-refractivity contribution in [3.8, 4) is 0 Å². The summed E-state index contributed by atoms with van der Waals surface area (Å²) >= 11 is 0. The molecule has 1 rings (SSSR count). The largest absolute Gasteiger partial charge is 0.390 e. The Kier molecular flexibility index (Phi) is 3.53. The van der Waals surface area contributed by atoms with Crippen molar-refractivity contribution in [2.24, 2.45) is 0 Å². The first kappa shape index (κ1) is 10.0. The van der Waals surface area contributed by atoms with Gasteiger partial charge in [0, 0.05) is 6.42 Å². The van der Waals surface area contributed by atoms with Crippen LogP contribution in [0, 0.1) is 0 Å². The zero-order valence-corrected chi connectivity index (χ0v) is 8.18. The zero-order chi connectivity index (χ0) is 9.03. The van der Waals surface area contributed by atoms with E-state index in [1.54, 1.807) is 0 Å². The summed E-state index contributed by atoms with van der Waals surface area (Å²) < 4.78 is 5.36. The summed E-state index contributed by atoms with van der Waals surface area (Å²) in [6, 6.07) is 0. The second-order valence-electron chi connectivity index (χ2n) is 3.92. The van der Waals surface area contributed by atoms with E-state index in [0.717, 1.165) is 25.9 Å². The molecule has 0 radical (unpaired) electrons. The average molecular weight is 172 g/mol. The summed E-state index contributed by atoms with van der Waals surface area (Å²) in [6.45, 7) is 5.00. The molecular formula is C10H20O2. The Labute approximate surface area is 74.9 Å². The van der Waals surface area contributed by atoms with Crippen LogP contribution >= 0.6 is 0 Å². The van der Waals surface area contributed by atoms with Crippen LogP contribution in [0.5, 0.6) is 0 Å². The van der Waals surface area contributed by atoms with Crippen LogP contribution in [0.4, 0.5) is 0 Å². The maximum atomic E-state index is 9.73. The number of unbranched alkanes of at least 4 members (excludes halogenated alkanes) is 2. The van der Waals surface area contributed by atoms with E-state index < -0.39 is 0 Å². The summed E-state index contributed by atoms with van der Waals surface area (Å²) in [5, 5.41) is 9.73. The molecule has 0 aromatic rings. The van der Waals surface area contributed by atoms with Crippen molar-refractivity contribution in [2.75, 3.05) is 6.61 Å². The fourth-order valence-corrected chi connectivity index (χ4v) is 1.58. The van der Waals surface area contributed by atoms with Crippen LogP contribution in [0.15, 0.2) is 0 Å². The van der Waals surface area contributed by atoms with E-state index in [1.165, 1.54) is 12.8 Å². The molecule has 12 heavy (non-hydrogen) atoms. The predicted molar refractivity (Wildman–Crippen MR) is 49.1 cm³/mol. The number of aliphatic hydroxyl groups excluding tert-OH is 1. The molecule has 0 aromatic heterocycles. The first-order chi connectivity index (χ1) is 5.69. The van der Waals surface area contributed by atoms with E-state index in [0.29, 0.717) is 0 Å². The highest BCUT2D eigenvalue weighted by Gasteiger charge is 2.39. The monoisotopic (exact) mass is 172 g/mol. The molecule has 0 amide bonds. The van der Waals surface area contributed by atoms with Gasteiger partial charge in [-0.05, 0) is 13.3 Å². The van der Waals surface area contributed by atoms with Crippen molar-refractivity contribution in [1.29, 1.82) is 0 Å². The van der Waals surface area contributed by atoms with Gasteiger partial charge in [-0.25, -0.2) is 0 Å². The van der Waals surface area contributed by atoms with Gasteiger partial charge in [-0.1, -0.05) is 26.2 Å². The molecule has 1 saturated heterocycles. The minimum Gasteiger partial charge on any atom is -0.390 e. The smallest absolute Gasteiger partial charge is 0.0934 e. The van der Waals surface area contributed by atoms with E-state index in [1.807, 2.05) is 6.92 Å². The Balaban J connectivity index is 2.14. The summed E-state index contributed by atoms with van der Waals surface area (Å²) in [4.78, 5) is 0. The highest BCUT2D eigenvalue weighted by atomic mass is 16.5. The fourth-order valence-electron chi connectivity index (χ4n) is 1.58. The molecule has 2 atom stereocenters. The van der Waals surface area contributed by atoms with Gasteiger partial charge >= 0.3 is 0 Å². The summed E-state index contributed by atoms with van der Waals surface area (Å²) in [5.74, 6) is 0. The van der Waals surface area contributed by atoms with Crippen LogP contribution in [-0.2, 0) is 4.74 Å². The highest BCUT2D eigenvalue weighted by molar-refractivity contribution is 4.89. The summed E-state index contributed by atoms with van der Waals surface area (Å²) in [5.41, 5.74) is -0.215. The lowest BCUT2D eigenvalue weighted by molar-refractivity contribution is -0.194. The molecule has 0 aliphatic carbocycles. The lowest BCUT2D eigenvalue weighted by Gasteiger charge is -2.42. The average Bonchev–Trinajstić information content (AvgIpc) is 2.00. The zero-order valence-electron chi connectivity index (χ0n) is 8.18. The van der Waals surface area contributed by atoms with Crippen LogP contribution in [0.25, 0.3) is 0 Å². The van der Waals surface area contributed by atoms with Crippen molar-refractivity contribution in [3.05, 3.63) is 0 Å². The Bertz CT molecular complexity index is 130. The second kappa shape index (κ2) is 4.24. The van der Waals surface area contributed by atoms with Crippen molar-refractivity contribution < 1.29 is 9.84 Å². The number of hydrogen-bond donors (Lipinski definition) is 1. The lowest BCUT2D eigenvalue weighted by atomic mass is 9.87. The summed E-state index contributed by atoms with van der Waals surface area (Å²) in [6.07, 6.45) is 5.20. The van der Waals surface area contributed by atoms with Gasteiger partial charge in [-0.3, -0.25) is 0 Å². The van der Waals surface area contributed by atoms with Gasteiger partial charge in [0.15, 0.2) is 0 Å². The van der Waals surface area contributed by atoms with E-state index in [2.05, 4.69) is 6.92 Å². The number of ether oxygens (including phenoxy) is 1. The van der Waals surface area contributed by atoms with Crippen LogP contribution in [-0.4, -0.2) is 23.4 Å².